The number of anilines is 1. The molecule has 1 aromatic rings. The lowest BCUT2D eigenvalue weighted by molar-refractivity contribution is 0.0692. The van der Waals surface area contributed by atoms with Crippen molar-refractivity contribution < 1.29 is 9.90 Å². The van der Waals surface area contributed by atoms with Crippen LogP contribution in [0.3, 0.4) is 0 Å². The van der Waals surface area contributed by atoms with Crippen LogP contribution in [0.1, 0.15) is 36.2 Å². The van der Waals surface area contributed by atoms with Crippen LogP contribution in [0, 0.1) is 0 Å². The third-order valence-corrected chi connectivity index (χ3v) is 5.28. The SMILES string of the molecule is CN1CC2(CCCC2)Sc2c[nH]c(C(=O)O)c21. The van der Waals surface area contributed by atoms with E-state index in [-0.39, 0.29) is 0 Å². The minimum atomic E-state index is -0.874. The number of hydrogen-bond donors (Lipinski definition) is 2. The van der Waals surface area contributed by atoms with E-state index in [1.165, 1.54) is 25.7 Å². The van der Waals surface area contributed by atoms with Crippen LogP contribution >= 0.6 is 11.8 Å². The fraction of sp³-hybridized carbons (Fsp3) is 0.583. The maximum absolute atomic E-state index is 11.1. The summed E-state index contributed by atoms with van der Waals surface area (Å²) in [4.78, 5) is 17.2. The fourth-order valence-electron chi connectivity index (χ4n) is 3.07. The molecule has 4 nitrogen and oxygen atoms in total. The Bertz CT molecular complexity index is 463. The van der Waals surface area contributed by atoms with Crippen molar-refractivity contribution in [2.75, 3.05) is 18.5 Å². The van der Waals surface area contributed by atoms with Crippen molar-refractivity contribution in [1.29, 1.82) is 0 Å². The summed E-state index contributed by atoms with van der Waals surface area (Å²) in [6, 6.07) is 0. The number of hydrogen-bond acceptors (Lipinski definition) is 3. The number of aromatic amines is 1. The summed E-state index contributed by atoms with van der Waals surface area (Å²) in [5.41, 5.74) is 1.18. The van der Waals surface area contributed by atoms with Gasteiger partial charge in [0, 0.05) is 29.4 Å². The number of fused-ring (bicyclic) bond motifs is 1. The van der Waals surface area contributed by atoms with E-state index in [1.807, 2.05) is 25.0 Å². The highest BCUT2D eigenvalue weighted by atomic mass is 32.2. The number of thioether (sulfide) groups is 1. The Morgan fingerprint density at radius 2 is 2.24 bits per heavy atom. The van der Waals surface area contributed by atoms with E-state index in [2.05, 4.69) is 9.88 Å². The normalized spacial score (nSPS) is 21.8. The summed E-state index contributed by atoms with van der Waals surface area (Å²) >= 11 is 1.87. The van der Waals surface area contributed by atoms with E-state index in [1.54, 1.807) is 0 Å². The quantitative estimate of drug-likeness (QED) is 0.806. The van der Waals surface area contributed by atoms with Crippen molar-refractivity contribution in [3.63, 3.8) is 0 Å². The van der Waals surface area contributed by atoms with Crippen molar-refractivity contribution in [3.05, 3.63) is 11.9 Å². The van der Waals surface area contributed by atoms with Crippen LogP contribution in [-0.2, 0) is 0 Å². The Kier molecular flexibility index (Phi) is 2.40. The van der Waals surface area contributed by atoms with Gasteiger partial charge in [-0.25, -0.2) is 4.79 Å². The number of nitrogens with zero attached hydrogens (tertiary/aromatic N) is 1. The highest BCUT2D eigenvalue weighted by Gasteiger charge is 2.41. The molecule has 2 heterocycles. The first-order valence-electron chi connectivity index (χ1n) is 5.96. The maximum Gasteiger partial charge on any atom is 0.354 e. The number of carboxylic acids is 1. The van der Waals surface area contributed by atoms with Gasteiger partial charge >= 0.3 is 5.97 Å². The van der Waals surface area contributed by atoms with Gasteiger partial charge in [-0.05, 0) is 12.8 Å². The Hall–Kier alpha value is -1.10. The predicted molar refractivity (Wildman–Crippen MR) is 68.1 cm³/mol. The van der Waals surface area contributed by atoms with Crippen LogP contribution in [0.5, 0.6) is 0 Å². The Labute approximate surface area is 104 Å². The first-order valence-corrected chi connectivity index (χ1v) is 6.78. The first kappa shape index (κ1) is 11.0. The van der Waals surface area contributed by atoms with Crippen molar-refractivity contribution >= 4 is 23.4 Å². The van der Waals surface area contributed by atoms with E-state index < -0.39 is 5.97 Å². The number of H-pyrrole nitrogens is 1. The highest BCUT2D eigenvalue weighted by Crippen LogP contribution is 2.52. The van der Waals surface area contributed by atoms with E-state index >= 15 is 0 Å². The van der Waals surface area contributed by atoms with Crippen LogP contribution in [0.2, 0.25) is 0 Å². The molecule has 1 spiro atoms. The van der Waals surface area contributed by atoms with E-state index in [4.69, 9.17) is 5.11 Å². The molecule has 0 bridgehead atoms. The van der Waals surface area contributed by atoms with Gasteiger partial charge in [0.25, 0.3) is 0 Å². The van der Waals surface area contributed by atoms with Gasteiger partial charge in [-0.15, -0.1) is 11.8 Å². The van der Waals surface area contributed by atoms with Gasteiger partial charge in [0.15, 0.2) is 0 Å². The summed E-state index contributed by atoms with van der Waals surface area (Å²) in [5.74, 6) is -0.874. The lowest BCUT2D eigenvalue weighted by Crippen LogP contribution is -2.40. The molecule has 92 valence electrons. The van der Waals surface area contributed by atoms with Crippen LogP contribution in [0.4, 0.5) is 5.69 Å². The third-order valence-electron chi connectivity index (χ3n) is 3.78. The second-order valence-corrected chi connectivity index (χ2v) is 6.54. The van der Waals surface area contributed by atoms with Gasteiger partial charge in [-0.2, -0.15) is 0 Å². The molecule has 0 aromatic carbocycles. The molecule has 1 aliphatic heterocycles. The molecule has 3 rings (SSSR count). The van der Waals surface area contributed by atoms with Gasteiger partial charge in [0.2, 0.25) is 0 Å². The molecule has 5 heteroatoms. The fourth-order valence-corrected chi connectivity index (χ4v) is 4.76. The van der Waals surface area contributed by atoms with Gasteiger partial charge < -0.3 is 15.0 Å². The number of carbonyl (C=O) groups is 1. The monoisotopic (exact) mass is 252 g/mol. The smallest absolute Gasteiger partial charge is 0.354 e. The summed E-state index contributed by atoms with van der Waals surface area (Å²) < 4.78 is 0.319. The van der Waals surface area contributed by atoms with Gasteiger partial charge in [-0.1, -0.05) is 12.8 Å². The molecule has 1 aromatic heterocycles. The second kappa shape index (κ2) is 3.70. The number of nitrogens with one attached hydrogen (secondary N) is 1. The number of carboxylic acid groups (broad SMARTS) is 1. The van der Waals surface area contributed by atoms with Gasteiger partial charge in [0.05, 0.1) is 5.69 Å². The van der Waals surface area contributed by atoms with Crippen LogP contribution in [-0.4, -0.2) is 34.4 Å². The van der Waals surface area contributed by atoms with E-state index in [9.17, 15) is 4.79 Å². The molecule has 17 heavy (non-hydrogen) atoms. The molecule has 2 aliphatic rings. The number of aromatic nitrogens is 1. The summed E-state index contributed by atoms with van der Waals surface area (Å²) in [6.45, 7) is 0.961. The molecule has 0 radical (unpaired) electrons. The minimum Gasteiger partial charge on any atom is -0.477 e. The standard InChI is InChI=1S/C12H16N2O2S/c1-14-7-12(4-2-3-5-12)17-8-6-13-9(10(8)14)11(15)16/h6,13H,2-5,7H2,1H3,(H,15,16). The lowest BCUT2D eigenvalue weighted by Gasteiger charge is -2.39. The predicted octanol–water partition coefficient (Wildman–Crippen LogP) is 2.57. The van der Waals surface area contributed by atoms with E-state index in [0.29, 0.717) is 10.4 Å². The first-order chi connectivity index (χ1) is 8.11. The average Bonchev–Trinajstić information content (AvgIpc) is 2.85. The summed E-state index contributed by atoms with van der Waals surface area (Å²) in [6.07, 6.45) is 6.93. The van der Waals surface area contributed by atoms with Crippen LogP contribution in [0.25, 0.3) is 0 Å². The molecule has 1 aliphatic carbocycles. The van der Waals surface area contributed by atoms with Crippen LogP contribution < -0.4 is 4.90 Å². The molecule has 1 fully saturated rings. The molecule has 1 saturated carbocycles. The topological polar surface area (TPSA) is 56.3 Å². The third kappa shape index (κ3) is 1.64. The second-order valence-electron chi connectivity index (χ2n) is 5.03. The van der Waals surface area contributed by atoms with Gasteiger partial charge in [-0.3, -0.25) is 0 Å². The molecule has 0 unspecified atom stereocenters. The number of rotatable bonds is 1. The maximum atomic E-state index is 11.1. The van der Waals surface area contributed by atoms with E-state index in [0.717, 1.165) is 17.1 Å². The average molecular weight is 252 g/mol. The summed E-state index contributed by atoms with van der Waals surface area (Å²) in [7, 11) is 2.00. The van der Waals surface area contributed by atoms with Crippen molar-refractivity contribution in [1.82, 2.24) is 4.98 Å². The highest BCUT2D eigenvalue weighted by molar-refractivity contribution is 8.01. The number of aromatic carboxylic acids is 1. The molecule has 0 saturated heterocycles. The zero-order valence-corrected chi connectivity index (χ0v) is 10.6. The molecule has 2 N–H and O–H groups in total. The largest absolute Gasteiger partial charge is 0.477 e. The van der Waals surface area contributed by atoms with Crippen molar-refractivity contribution in [2.45, 2.75) is 35.3 Å². The zero-order chi connectivity index (χ0) is 12.0. The Balaban J connectivity index is 2.00. The Morgan fingerprint density at radius 3 is 2.88 bits per heavy atom. The Morgan fingerprint density at radius 1 is 1.53 bits per heavy atom. The minimum absolute atomic E-state index is 0.319. The van der Waals surface area contributed by atoms with Crippen LogP contribution in [0.15, 0.2) is 11.1 Å². The van der Waals surface area contributed by atoms with Crippen molar-refractivity contribution in [3.8, 4) is 0 Å². The molecular formula is C12H16N2O2S. The molecule has 0 atom stereocenters. The molecular weight excluding hydrogens is 236 g/mol. The molecule has 0 amide bonds. The van der Waals surface area contributed by atoms with Gasteiger partial charge in [0.1, 0.15) is 5.69 Å². The van der Waals surface area contributed by atoms with Crippen molar-refractivity contribution in [2.24, 2.45) is 0 Å². The zero-order valence-electron chi connectivity index (χ0n) is 9.82. The lowest BCUT2D eigenvalue weighted by atomic mass is 10.1. The summed E-state index contributed by atoms with van der Waals surface area (Å²) in [5, 5.41) is 9.14.